The predicted octanol–water partition coefficient (Wildman–Crippen LogP) is 2.55. The molecule has 0 aromatic rings. The number of fused-ring (bicyclic) bond motifs is 1. The monoisotopic (exact) mass is 177 g/mol. The summed E-state index contributed by atoms with van der Waals surface area (Å²) in [5.74, 6) is 3.95. The summed E-state index contributed by atoms with van der Waals surface area (Å²) >= 11 is 0. The van der Waals surface area contributed by atoms with E-state index in [1.54, 1.807) is 0 Å². The first-order valence-electron chi connectivity index (χ1n) is 5.26. The summed E-state index contributed by atoms with van der Waals surface area (Å²) < 4.78 is 0. The Balaban J connectivity index is 2.16. The first-order chi connectivity index (χ1) is 6.11. The molecular weight excluding hydrogens is 158 g/mol. The molecule has 2 aliphatic rings. The van der Waals surface area contributed by atoms with E-state index in [1.807, 2.05) is 0 Å². The lowest BCUT2D eigenvalue weighted by Gasteiger charge is -2.52. The molecule has 0 heterocycles. The Morgan fingerprint density at radius 2 is 2.00 bits per heavy atom. The van der Waals surface area contributed by atoms with Gasteiger partial charge in [-0.15, -0.1) is 0 Å². The summed E-state index contributed by atoms with van der Waals surface area (Å²) in [4.78, 5) is 0. The Hall–Kier alpha value is -0.720. The molecule has 1 fully saturated rings. The Bertz CT molecular complexity index is 262. The van der Waals surface area contributed by atoms with E-state index in [9.17, 15) is 0 Å². The van der Waals surface area contributed by atoms with Crippen molar-refractivity contribution < 1.29 is 0 Å². The van der Waals surface area contributed by atoms with Gasteiger partial charge in [0.2, 0.25) is 0 Å². The fourth-order valence-corrected chi connectivity index (χ4v) is 3.15. The summed E-state index contributed by atoms with van der Waals surface area (Å²) in [7, 11) is 0. The number of nitrogens with two attached hydrogens (primary N) is 1. The smallest absolute Gasteiger partial charge is 0.0273 e. The molecule has 0 bridgehead atoms. The van der Waals surface area contributed by atoms with Crippen LogP contribution >= 0.6 is 0 Å². The van der Waals surface area contributed by atoms with Gasteiger partial charge in [-0.05, 0) is 35.7 Å². The summed E-state index contributed by atoms with van der Waals surface area (Å²) in [5.41, 5.74) is 6.76. The first-order valence-corrected chi connectivity index (χ1v) is 5.26. The quantitative estimate of drug-likeness (QED) is 0.654. The predicted molar refractivity (Wildman–Crippen MR) is 55.9 cm³/mol. The van der Waals surface area contributed by atoms with Crippen LogP contribution in [0.4, 0.5) is 0 Å². The van der Waals surface area contributed by atoms with Gasteiger partial charge in [0.25, 0.3) is 0 Å². The van der Waals surface area contributed by atoms with Crippen molar-refractivity contribution in [2.45, 2.75) is 20.8 Å². The fourth-order valence-electron chi connectivity index (χ4n) is 3.15. The zero-order valence-electron chi connectivity index (χ0n) is 8.70. The van der Waals surface area contributed by atoms with Gasteiger partial charge < -0.3 is 5.73 Å². The second-order valence-corrected chi connectivity index (χ2v) is 4.86. The molecule has 4 atom stereocenters. The molecule has 0 amide bonds. The van der Waals surface area contributed by atoms with Gasteiger partial charge in [0, 0.05) is 5.70 Å². The van der Waals surface area contributed by atoms with E-state index in [4.69, 9.17) is 5.73 Å². The van der Waals surface area contributed by atoms with Crippen LogP contribution in [-0.2, 0) is 0 Å². The van der Waals surface area contributed by atoms with Gasteiger partial charge in [-0.3, -0.25) is 0 Å². The van der Waals surface area contributed by atoms with E-state index in [0.717, 1.165) is 35.3 Å². The van der Waals surface area contributed by atoms with Crippen LogP contribution < -0.4 is 5.73 Å². The van der Waals surface area contributed by atoms with Crippen LogP contribution in [0.15, 0.2) is 23.9 Å². The molecule has 0 saturated heterocycles. The van der Waals surface area contributed by atoms with Crippen LogP contribution in [-0.4, -0.2) is 0 Å². The maximum atomic E-state index is 5.80. The van der Waals surface area contributed by atoms with Crippen molar-refractivity contribution in [3.63, 3.8) is 0 Å². The molecule has 13 heavy (non-hydrogen) atoms. The van der Waals surface area contributed by atoms with Crippen LogP contribution in [0.25, 0.3) is 0 Å². The van der Waals surface area contributed by atoms with Crippen molar-refractivity contribution in [1.82, 2.24) is 0 Å². The number of hydrogen-bond acceptors (Lipinski definition) is 1. The van der Waals surface area contributed by atoms with Crippen molar-refractivity contribution >= 4 is 0 Å². The highest BCUT2D eigenvalue weighted by atomic mass is 14.6. The van der Waals surface area contributed by atoms with Crippen LogP contribution in [0.1, 0.15) is 20.8 Å². The van der Waals surface area contributed by atoms with Crippen molar-refractivity contribution in [1.29, 1.82) is 0 Å². The molecule has 2 N–H and O–H groups in total. The SMILES string of the molecule is CC(C)C1C(C)C2C=CC(N)=CC21. The average Bonchev–Trinajstić information content (AvgIpc) is 2.02. The number of hydrogen-bond donors (Lipinski definition) is 1. The molecule has 2 rings (SSSR count). The molecular formula is C12H19N. The summed E-state index contributed by atoms with van der Waals surface area (Å²) in [6, 6.07) is 0. The van der Waals surface area contributed by atoms with E-state index in [2.05, 4.69) is 39.0 Å². The third-order valence-electron chi connectivity index (χ3n) is 3.77. The lowest BCUT2D eigenvalue weighted by molar-refractivity contribution is 0.0183. The minimum absolute atomic E-state index is 0.722. The van der Waals surface area contributed by atoms with E-state index in [0.29, 0.717) is 0 Å². The van der Waals surface area contributed by atoms with E-state index in [1.165, 1.54) is 0 Å². The van der Waals surface area contributed by atoms with Gasteiger partial charge in [-0.25, -0.2) is 0 Å². The van der Waals surface area contributed by atoms with Gasteiger partial charge >= 0.3 is 0 Å². The second-order valence-electron chi connectivity index (χ2n) is 4.86. The Morgan fingerprint density at radius 3 is 2.62 bits per heavy atom. The normalized spacial score (nSPS) is 42.6. The minimum Gasteiger partial charge on any atom is -0.399 e. The Morgan fingerprint density at radius 1 is 1.31 bits per heavy atom. The van der Waals surface area contributed by atoms with Crippen molar-refractivity contribution in [3.05, 3.63) is 23.9 Å². The van der Waals surface area contributed by atoms with Crippen LogP contribution in [0.5, 0.6) is 0 Å². The second kappa shape index (κ2) is 2.90. The van der Waals surface area contributed by atoms with E-state index >= 15 is 0 Å². The van der Waals surface area contributed by atoms with E-state index < -0.39 is 0 Å². The Labute approximate surface area is 80.7 Å². The number of allylic oxidation sites excluding steroid dienone is 3. The van der Waals surface area contributed by atoms with Gasteiger partial charge in [0.1, 0.15) is 0 Å². The van der Waals surface area contributed by atoms with Gasteiger partial charge in [0.15, 0.2) is 0 Å². The molecule has 0 aromatic heterocycles. The van der Waals surface area contributed by atoms with Gasteiger partial charge in [0.05, 0.1) is 0 Å². The zero-order chi connectivity index (χ0) is 9.59. The summed E-state index contributed by atoms with van der Waals surface area (Å²) in [6.45, 7) is 7.00. The first kappa shape index (κ1) is 8.86. The topological polar surface area (TPSA) is 26.0 Å². The standard InChI is InChI=1S/C12H19N/c1-7(2)12-8(3)10-5-4-9(13)6-11(10)12/h4-8,10-12H,13H2,1-3H3. The van der Waals surface area contributed by atoms with Crippen molar-refractivity contribution in [2.75, 3.05) is 0 Å². The van der Waals surface area contributed by atoms with Crippen molar-refractivity contribution in [2.24, 2.45) is 35.3 Å². The van der Waals surface area contributed by atoms with Gasteiger partial charge in [-0.2, -0.15) is 0 Å². The molecule has 4 unspecified atom stereocenters. The van der Waals surface area contributed by atoms with Gasteiger partial charge in [-0.1, -0.05) is 32.9 Å². The minimum atomic E-state index is 0.722. The molecule has 1 saturated carbocycles. The van der Waals surface area contributed by atoms with Crippen LogP contribution in [0.3, 0.4) is 0 Å². The summed E-state index contributed by atoms with van der Waals surface area (Å²) in [6.07, 6.45) is 6.62. The van der Waals surface area contributed by atoms with Crippen LogP contribution in [0.2, 0.25) is 0 Å². The third-order valence-corrected chi connectivity index (χ3v) is 3.77. The molecule has 1 nitrogen and oxygen atoms in total. The summed E-state index contributed by atoms with van der Waals surface area (Å²) in [5, 5.41) is 0. The lowest BCUT2D eigenvalue weighted by atomic mass is 9.53. The lowest BCUT2D eigenvalue weighted by Crippen LogP contribution is -2.47. The maximum Gasteiger partial charge on any atom is 0.0273 e. The molecule has 1 heteroatoms. The molecule has 0 aliphatic heterocycles. The Kier molecular flexibility index (Phi) is 1.98. The highest BCUT2D eigenvalue weighted by Gasteiger charge is 2.47. The highest BCUT2D eigenvalue weighted by Crippen LogP contribution is 2.52. The fraction of sp³-hybridized carbons (Fsp3) is 0.667. The van der Waals surface area contributed by atoms with Crippen molar-refractivity contribution in [3.8, 4) is 0 Å². The van der Waals surface area contributed by atoms with E-state index in [-0.39, 0.29) is 0 Å². The maximum absolute atomic E-state index is 5.80. The average molecular weight is 177 g/mol. The third kappa shape index (κ3) is 1.21. The molecule has 72 valence electrons. The molecule has 0 radical (unpaired) electrons. The van der Waals surface area contributed by atoms with Crippen LogP contribution in [0, 0.1) is 29.6 Å². The number of rotatable bonds is 1. The zero-order valence-corrected chi connectivity index (χ0v) is 8.70. The molecule has 2 aliphatic carbocycles. The molecule has 0 aromatic carbocycles. The molecule has 0 spiro atoms. The largest absolute Gasteiger partial charge is 0.399 e. The highest BCUT2D eigenvalue weighted by molar-refractivity contribution is 5.27.